The number of hydrogen-bond donors (Lipinski definition) is 3. The zero-order chi connectivity index (χ0) is 13.1. The van der Waals surface area contributed by atoms with Gasteiger partial charge in [-0.25, -0.2) is 0 Å². The van der Waals surface area contributed by atoms with Gasteiger partial charge >= 0.3 is 6.18 Å². The molecule has 0 radical (unpaired) electrons. The predicted molar refractivity (Wildman–Crippen MR) is 59.4 cm³/mol. The summed E-state index contributed by atoms with van der Waals surface area (Å²) in [7, 11) is 1.70. The van der Waals surface area contributed by atoms with Crippen LogP contribution in [0, 0.1) is 0 Å². The number of anilines is 1. The first-order chi connectivity index (χ1) is 7.88. The van der Waals surface area contributed by atoms with E-state index in [-0.39, 0.29) is 5.56 Å². The summed E-state index contributed by atoms with van der Waals surface area (Å²) >= 11 is 0. The summed E-state index contributed by atoms with van der Waals surface area (Å²) in [4.78, 5) is 0. The Morgan fingerprint density at radius 3 is 2.59 bits per heavy atom. The Morgan fingerprint density at radius 2 is 2.06 bits per heavy atom. The Morgan fingerprint density at radius 1 is 1.41 bits per heavy atom. The molecule has 0 saturated heterocycles. The highest BCUT2D eigenvalue weighted by Crippen LogP contribution is 2.37. The molecule has 0 bridgehead atoms. The van der Waals surface area contributed by atoms with Crippen molar-refractivity contribution in [3.05, 3.63) is 29.3 Å². The number of nitrogens with one attached hydrogen (secondary N) is 1. The molecule has 0 aliphatic carbocycles. The standard InChI is InChI=1S/C11H15F3N2O/c1-16-6-5-9(17)7-3-2-4-8(10(7)15)11(12,13)14/h2-4,9,16-17H,5-6,15H2,1H3. The van der Waals surface area contributed by atoms with Crippen molar-refractivity contribution in [2.45, 2.75) is 18.7 Å². The minimum absolute atomic E-state index is 0.120. The first-order valence-corrected chi connectivity index (χ1v) is 5.16. The van der Waals surface area contributed by atoms with Crippen molar-refractivity contribution >= 4 is 5.69 Å². The lowest BCUT2D eigenvalue weighted by molar-refractivity contribution is -0.137. The third kappa shape index (κ3) is 3.34. The molecular weight excluding hydrogens is 233 g/mol. The first-order valence-electron chi connectivity index (χ1n) is 5.16. The molecule has 0 aliphatic heterocycles. The lowest BCUT2D eigenvalue weighted by atomic mass is 10.0. The third-order valence-corrected chi connectivity index (χ3v) is 2.47. The van der Waals surface area contributed by atoms with E-state index >= 15 is 0 Å². The molecule has 1 aromatic carbocycles. The van der Waals surface area contributed by atoms with Crippen LogP contribution in [0.4, 0.5) is 18.9 Å². The highest BCUT2D eigenvalue weighted by atomic mass is 19.4. The first kappa shape index (κ1) is 13.8. The van der Waals surface area contributed by atoms with Crippen LogP contribution in [0.1, 0.15) is 23.7 Å². The van der Waals surface area contributed by atoms with Crippen LogP contribution in [0.25, 0.3) is 0 Å². The van der Waals surface area contributed by atoms with Gasteiger partial charge in [-0.2, -0.15) is 13.2 Å². The molecule has 0 fully saturated rings. The van der Waals surface area contributed by atoms with Gasteiger partial charge in [0.2, 0.25) is 0 Å². The van der Waals surface area contributed by atoms with Gasteiger partial charge in [-0.15, -0.1) is 0 Å². The number of halogens is 3. The van der Waals surface area contributed by atoms with Crippen molar-refractivity contribution in [2.75, 3.05) is 19.3 Å². The van der Waals surface area contributed by atoms with E-state index in [1.165, 1.54) is 12.1 Å². The molecule has 6 heteroatoms. The van der Waals surface area contributed by atoms with E-state index in [2.05, 4.69) is 5.32 Å². The van der Waals surface area contributed by atoms with E-state index in [0.29, 0.717) is 13.0 Å². The van der Waals surface area contributed by atoms with Crippen LogP contribution >= 0.6 is 0 Å². The molecule has 1 atom stereocenters. The van der Waals surface area contributed by atoms with Crippen LogP contribution in [-0.4, -0.2) is 18.7 Å². The second kappa shape index (κ2) is 5.37. The van der Waals surface area contributed by atoms with Crippen LogP contribution in [0.15, 0.2) is 18.2 Å². The molecule has 0 spiro atoms. The fraction of sp³-hybridized carbons (Fsp3) is 0.455. The van der Waals surface area contributed by atoms with E-state index in [1.807, 2.05) is 0 Å². The maximum Gasteiger partial charge on any atom is 0.418 e. The maximum absolute atomic E-state index is 12.6. The summed E-state index contributed by atoms with van der Waals surface area (Å²) < 4.78 is 37.7. The van der Waals surface area contributed by atoms with Gasteiger partial charge < -0.3 is 16.2 Å². The minimum Gasteiger partial charge on any atom is -0.398 e. The molecule has 1 rings (SSSR count). The van der Waals surface area contributed by atoms with Crippen LogP contribution in [0.3, 0.4) is 0 Å². The van der Waals surface area contributed by atoms with E-state index in [0.717, 1.165) is 6.07 Å². The Labute approximate surface area is 97.4 Å². The Balaban J connectivity index is 3.02. The van der Waals surface area contributed by atoms with Crippen molar-refractivity contribution in [3.63, 3.8) is 0 Å². The predicted octanol–water partition coefficient (Wildman–Crippen LogP) is 1.93. The molecule has 1 unspecified atom stereocenters. The van der Waals surface area contributed by atoms with Gasteiger partial charge in [-0.3, -0.25) is 0 Å². The van der Waals surface area contributed by atoms with Crippen LogP contribution in [-0.2, 0) is 6.18 Å². The number of rotatable bonds is 4. The van der Waals surface area contributed by atoms with Gasteiger partial charge in [0.15, 0.2) is 0 Å². The largest absolute Gasteiger partial charge is 0.418 e. The van der Waals surface area contributed by atoms with E-state index in [4.69, 9.17) is 5.73 Å². The van der Waals surface area contributed by atoms with Crippen molar-refractivity contribution in [2.24, 2.45) is 0 Å². The molecule has 0 aromatic heterocycles. The lowest BCUT2D eigenvalue weighted by Gasteiger charge is -2.17. The van der Waals surface area contributed by atoms with Crippen LogP contribution < -0.4 is 11.1 Å². The van der Waals surface area contributed by atoms with Crippen molar-refractivity contribution < 1.29 is 18.3 Å². The second-order valence-electron chi connectivity index (χ2n) is 3.71. The molecule has 4 N–H and O–H groups in total. The number of nitrogens with two attached hydrogens (primary N) is 1. The van der Waals surface area contributed by atoms with Crippen molar-refractivity contribution in [3.8, 4) is 0 Å². The number of hydrogen-bond acceptors (Lipinski definition) is 3. The summed E-state index contributed by atoms with van der Waals surface area (Å²) in [6.45, 7) is 0.497. The Kier molecular flexibility index (Phi) is 4.36. The summed E-state index contributed by atoms with van der Waals surface area (Å²) in [5.74, 6) is 0. The normalized spacial score (nSPS) is 13.7. The smallest absolute Gasteiger partial charge is 0.398 e. The summed E-state index contributed by atoms with van der Waals surface area (Å²) in [5, 5.41) is 12.5. The molecule has 96 valence electrons. The second-order valence-corrected chi connectivity index (χ2v) is 3.71. The fourth-order valence-corrected chi connectivity index (χ4v) is 1.56. The zero-order valence-electron chi connectivity index (χ0n) is 9.38. The van der Waals surface area contributed by atoms with Crippen LogP contribution in [0.5, 0.6) is 0 Å². The quantitative estimate of drug-likeness (QED) is 0.713. The molecule has 0 heterocycles. The number of para-hydroxylation sites is 1. The number of benzene rings is 1. The topological polar surface area (TPSA) is 58.3 Å². The minimum atomic E-state index is -4.50. The third-order valence-electron chi connectivity index (χ3n) is 2.47. The van der Waals surface area contributed by atoms with Gasteiger partial charge in [0.25, 0.3) is 0 Å². The van der Waals surface area contributed by atoms with E-state index < -0.39 is 23.5 Å². The number of nitrogen functional groups attached to an aromatic ring is 1. The lowest BCUT2D eigenvalue weighted by Crippen LogP contribution is -2.15. The highest BCUT2D eigenvalue weighted by molar-refractivity contribution is 5.56. The molecule has 0 aliphatic rings. The van der Waals surface area contributed by atoms with E-state index in [9.17, 15) is 18.3 Å². The number of aliphatic hydroxyl groups is 1. The molecule has 0 amide bonds. The highest BCUT2D eigenvalue weighted by Gasteiger charge is 2.34. The Hall–Kier alpha value is -1.27. The fourth-order valence-electron chi connectivity index (χ4n) is 1.56. The molecule has 0 saturated carbocycles. The molecule has 1 aromatic rings. The molecular formula is C11H15F3N2O. The molecule has 17 heavy (non-hydrogen) atoms. The van der Waals surface area contributed by atoms with Crippen molar-refractivity contribution in [1.82, 2.24) is 5.32 Å². The molecule has 3 nitrogen and oxygen atoms in total. The summed E-state index contributed by atoms with van der Waals surface area (Å²) in [6, 6.07) is 3.56. The number of alkyl halides is 3. The number of aliphatic hydroxyl groups excluding tert-OH is 1. The monoisotopic (exact) mass is 248 g/mol. The SMILES string of the molecule is CNCCC(O)c1cccc(C(F)(F)F)c1N. The van der Waals surface area contributed by atoms with Crippen molar-refractivity contribution in [1.29, 1.82) is 0 Å². The summed E-state index contributed by atoms with van der Waals surface area (Å²) in [5.41, 5.74) is 4.26. The van der Waals surface area contributed by atoms with Gasteiger partial charge in [0.05, 0.1) is 11.7 Å². The van der Waals surface area contributed by atoms with Gasteiger partial charge in [0.1, 0.15) is 0 Å². The van der Waals surface area contributed by atoms with Gasteiger partial charge in [0, 0.05) is 11.3 Å². The summed E-state index contributed by atoms with van der Waals surface area (Å²) in [6.07, 6.45) is -5.19. The Bertz CT molecular complexity index is 379. The average Bonchev–Trinajstić information content (AvgIpc) is 2.24. The van der Waals surface area contributed by atoms with Crippen LogP contribution in [0.2, 0.25) is 0 Å². The zero-order valence-corrected chi connectivity index (χ0v) is 9.38. The average molecular weight is 248 g/mol. The van der Waals surface area contributed by atoms with Gasteiger partial charge in [-0.1, -0.05) is 12.1 Å². The van der Waals surface area contributed by atoms with E-state index in [1.54, 1.807) is 7.05 Å². The van der Waals surface area contributed by atoms with Gasteiger partial charge in [-0.05, 0) is 26.1 Å². The maximum atomic E-state index is 12.6.